The number of imidazole rings is 1. The third-order valence-electron chi connectivity index (χ3n) is 4.58. The quantitative estimate of drug-likeness (QED) is 0.776. The minimum Gasteiger partial charge on any atom is -0.350 e. The number of aromatic nitrogens is 4. The molecule has 118 valence electrons. The summed E-state index contributed by atoms with van der Waals surface area (Å²) in [6, 6.07) is 5.95. The summed E-state index contributed by atoms with van der Waals surface area (Å²) in [4.78, 5) is 24.4. The number of fused-ring (bicyclic) bond motifs is 2. The Morgan fingerprint density at radius 2 is 2.35 bits per heavy atom. The molecule has 6 heteroatoms. The molecule has 0 aromatic carbocycles. The van der Waals surface area contributed by atoms with Crippen LogP contribution in [0, 0.1) is 12.8 Å². The van der Waals surface area contributed by atoms with E-state index >= 15 is 0 Å². The summed E-state index contributed by atoms with van der Waals surface area (Å²) in [6.45, 7) is 3.33. The van der Waals surface area contributed by atoms with Crippen LogP contribution in [0.5, 0.6) is 0 Å². The Balaban J connectivity index is 1.40. The standard InChI is InChI=1S/C17H19N5O/c1-11-19-10-15-8-13(5-7-22(11)15)17(23)20-9-14-3-2-12-4-6-18-16(12)21-14/h2-4,6,10,13H,5,7-9H2,1H3,(H,18,21)(H,20,23). The molecule has 3 aromatic rings. The minimum absolute atomic E-state index is 0.0211. The smallest absolute Gasteiger partial charge is 0.223 e. The average Bonchev–Trinajstić information content (AvgIpc) is 3.18. The molecular formula is C17H19N5O. The number of pyridine rings is 1. The Morgan fingerprint density at radius 1 is 1.43 bits per heavy atom. The van der Waals surface area contributed by atoms with Crippen LogP contribution in [0.3, 0.4) is 0 Å². The summed E-state index contributed by atoms with van der Waals surface area (Å²) in [5.74, 6) is 1.15. The molecule has 1 atom stereocenters. The van der Waals surface area contributed by atoms with Crippen molar-refractivity contribution in [2.45, 2.75) is 32.9 Å². The lowest BCUT2D eigenvalue weighted by molar-refractivity contribution is -0.125. The van der Waals surface area contributed by atoms with Crippen molar-refractivity contribution in [1.82, 2.24) is 24.8 Å². The third kappa shape index (κ3) is 2.60. The predicted octanol–water partition coefficient (Wildman–Crippen LogP) is 1.95. The number of rotatable bonds is 3. The summed E-state index contributed by atoms with van der Waals surface area (Å²) in [6.07, 6.45) is 5.37. The van der Waals surface area contributed by atoms with Gasteiger partial charge in [-0.2, -0.15) is 0 Å². The summed E-state index contributed by atoms with van der Waals surface area (Å²) in [7, 11) is 0. The molecule has 0 spiro atoms. The van der Waals surface area contributed by atoms with E-state index in [-0.39, 0.29) is 11.8 Å². The zero-order valence-corrected chi connectivity index (χ0v) is 13.0. The van der Waals surface area contributed by atoms with Crippen LogP contribution < -0.4 is 5.32 Å². The van der Waals surface area contributed by atoms with E-state index < -0.39 is 0 Å². The largest absolute Gasteiger partial charge is 0.350 e. The number of amides is 1. The van der Waals surface area contributed by atoms with E-state index in [1.165, 1.54) is 0 Å². The fraction of sp³-hybridized carbons (Fsp3) is 0.353. The van der Waals surface area contributed by atoms with E-state index in [2.05, 4.69) is 24.8 Å². The zero-order chi connectivity index (χ0) is 15.8. The number of nitrogens with one attached hydrogen (secondary N) is 2. The van der Waals surface area contributed by atoms with E-state index in [0.29, 0.717) is 6.54 Å². The van der Waals surface area contributed by atoms with E-state index in [0.717, 1.165) is 47.6 Å². The van der Waals surface area contributed by atoms with Gasteiger partial charge < -0.3 is 14.9 Å². The highest BCUT2D eigenvalue weighted by atomic mass is 16.1. The monoisotopic (exact) mass is 309 g/mol. The summed E-state index contributed by atoms with van der Waals surface area (Å²) < 4.78 is 2.20. The van der Waals surface area contributed by atoms with E-state index in [9.17, 15) is 4.79 Å². The fourth-order valence-electron chi connectivity index (χ4n) is 3.24. The zero-order valence-electron chi connectivity index (χ0n) is 13.0. The lowest BCUT2D eigenvalue weighted by atomic mass is 9.95. The number of H-pyrrole nitrogens is 1. The van der Waals surface area contributed by atoms with Crippen LogP contribution in [-0.2, 0) is 24.3 Å². The molecule has 0 radical (unpaired) electrons. The van der Waals surface area contributed by atoms with Gasteiger partial charge in [0.15, 0.2) is 0 Å². The predicted molar refractivity (Wildman–Crippen MR) is 86.7 cm³/mol. The number of hydrogen-bond acceptors (Lipinski definition) is 3. The maximum Gasteiger partial charge on any atom is 0.223 e. The summed E-state index contributed by atoms with van der Waals surface area (Å²) >= 11 is 0. The molecular weight excluding hydrogens is 290 g/mol. The molecule has 1 amide bonds. The Kier molecular flexibility index (Phi) is 3.37. The number of carbonyl (C=O) groups excluding carboxylic acids is 1. The molecule has 23 heavy (non-hydrogen) atoms. The Hall–Kier alpha value is -2.63. The topological polar surface area (TPSA) is 75.6 Å². The molecule has 3 aromatic heterocycles. The molecule has 0 saturated heterocycles. The van der Waals surface area contributed by atoms with Gasteiger partial charge in [-0.15, -0.1) is 0 Å². The van der Waals surface area contributed by atoms with Gasteiger partial charge in [-0.25, -0.2) is 9.97 Å². The Labute approximate surface area is 133 Å². The lowest BCUT2D eigenvalue weighted by Gasteiger charge is -2.23. The molecule has 0 bridgehead atoms. The molecule has 1 aliphatic rings. The first-order valence-corrected chi connectivity index (χ1v) is 7.92. The van der Waals surface area contributed by atoms with Gasteiger partial charge in [-0.05, 0) is 31.5 Å². The first-order valence-electron chi connectivity index (χ1n) is 7.92. The van der Waals surface area contributed by atoms with Gasteiger partial charge in [-0.3, -0.25) is 4.79 Å². The highest BCUT2D eigenvalue weighted by Crippen LogP contribution is 2.22. The first kappa shape index (κ1) is 14.0. The van der Waals surface area contributed by atoms with Crippen LogP contribution in [-0.4, -0.2) is 25.4 Å². The molecule has 4 heterocycles. The molecule has 0 saturated carbocycles. The van der Waals surface area contributed by atoms with Crippen LogP contribution in [0.4, 0.5) is 0 Å². The van der Waals surface area contributed by atoms with Gasteiger partial charge in [0.2, 0.25) is 5.91 Å². The summed E-state index contributed by atoms with van der Waals surface area (Å²) in [5.41, 5.74) is 2.87. The van der Waals surface area contributed by atoms with Gasteiger partial charge in [0, 0.05) is 42.4 Å². The highest BCUT2D eigenvalue weighted by Gasteiger charge is 2.25. The van der Waals surface area contributed by atoms with Crippen molar-refractivity contribution in [3.63, 3.8) is 0 Å². The first-order chi connectivity index (χ1) is 11.2. The number of aromatic amines is 1. The molecule has 6 nitrogen and oxygen atoms in total. The van der Waals surface area contributed by atoms with Crippen LogP contribution in [0.15, 0.2) is 30.6 Å². The van der Waals surface area contributed by atoms with Crippen LogP contribution in [0.2, 0.25) is 0 Å². The van der Waals surface area contributed by atoms with Crippen molar-refractivity contribution in [3.8, 4) is 0 Å². The SMILES string of the molecule is Cc1ncc2n1CCC(C(=O)NCc1ccc3cc[nH]c3n1)C2. The van der Waals surface area contributed by atoms with E-state index in [1.54, 1.807) is 0 Å². The van der Waals surface area contributed by atoms with Gasteiger partial charge in [0.25, 0.3) is 0 Å². The van der Waals surface area contributed by atoms with Crippen molar-refractivity contribution in [1.29, 1.82) is 0 Å². The van der Waals surface area contributed by atoms with E-state index in [1.807, 2.05) is 37.5 Å². The highest BCUT2D eigenvalue weighted by molar-refractivity contribution is 5.79. The Bertz CT molecular complexity index is 863. The number of carbonyl (C=O) groups is 1. The van der Waals surface area contributed by atoms with Crippen LogP contribution >= 0.6 is 0 Å². The third-order valence-corrected chi connectivity index (χ3v) is 4.58. The minimum atomic E-state index is 0.0211. The molecule has 2 N–H and O–H groups in total. The molecule has 0 aliphatic carbocycles. The van der Waals surface area contributed by atoms with E-state index in [4.69, 9.17) is 0 Å². The van der Waals surface area contributed by atoms with Gasteiger partial charge in [0.05, 0.1) is 12.2 Å². The summed E-state index contributed by atoms with van der Waals surface area (Å²) in [5, 5.41) is 4.10. The maximum atomic E-state index is 12.4. The normalized spacial score (nSPS) is 17.2. The van der Waals surface area contributed by atoms with Crippen LogP contribution in [0.25, 0.3) is 11.0 Å². The molecule has 1 aliphatic heterocycles. The average molecular weight is 309 g/mol. The number of hydrogen-bond donors (Lipinski definition) is 2. The molecule has 0 fully saturated rings. The number of nitrogens with zero attached hydrogens (tertiary/aromatic N) is 3. The second-order valence-corrected chi connectivity index (χ2v) is 6.07. The maximum absolute atomic E-state index is 12.4. The molecule has 1 unspecified atom stereocenters. The van der Waals surface area contributed by atoms with Gasteiger partial charge in [-0.1, -0.05) is 0 Å². The Morgan fingerprint density at radius 3 is 3.26 bits per heavy atom. The van der Waals surface area contributed by atoms with Crippen molar-refractivity contribution in [2.75, 3.05) is 0 Å². The second-order valence-electron chi connectivity index (χ2n) is 6.07. The second kappa shape index (κ2) is 5.53. The van der Waals surface area contributed by atoms with Gasteiger partial charge >= 0.3 is 0 Å². The lowest BCUT2D eigenvalue weighted by Crippen LogP contribution is -2.35. The van der Waals surface area contributed by atoms with Gasteiger partial charge in [0.1, 0.15) is 11.5 Å². The van der Waals surface area contributed by atoms with Crippen molar-refractivity contribution in [3.05, 3.63) is 47.8 Å². The molecule has 4 rings (SSSR count). The van der Waals surface area contributed by atoms with Crippen molar-refractivity contribution >= 4 is 16.9 Å². The van der Waals surface area contributed by atoms with Crippen molar-refractivity contribution in [2.24, 2.45) is 5.92 Å². The fourth-order valence-corrected chi connectivity index (χ4v) is 3.24. The van der Waals surface area contributed by atoms with Crippen LogP contribution in [0.1, 0.15) is 23.6 Å². The number of aryl methyl sites for hydroxylation is 1. The van der Waals surface area contributed by atoms with Crippen molar-refractivity contribution < 1.29 is 4.79 Å².